The van der Waals surface area contributed by atoms with Gasteiger partial charge in [-0.1, -0.05) is 18.7 Å². The van der Waals surface area contributed by atoms with Gasteiger partial charge in [0.25, 0.3) is 0 Å². The fourth-order valence-electron chi connectivity index (χ4n) is 3.70. The molecule has 0 amide bonds. The van der Waals surface area contributed by atoms with Gasteiger partial charge in [0.2, 0.25) is 0 Å². The number of allylic oxidation sites excluding steroid dienone is 1. The normalized spacial score (nSPS) is 17.7. The first-order valence-corrected chi connectivity index (χ1v) is 12.1. The summed E-state index contributed by atoms with van der Waals surface area (Å²) < 4.78 is 11.3. The average molecular weight is 469 g/mol. The Kier molecular flexibility index (Phi) is 6.91. The number of Topliss-reactive ketones (excluding diaryl/α,β-unsaturated/α-hetero) is 2. The van der Waals surface area contributed by atoms with Gasteiger partial charge in [-0.15, -0.1) is 0 Å². The first kappa shape index (κ1) is 22.5. The van der Waals surface area contributed by atoms with Crippen LogP contribution >= 0.6 is 23.5 Å². The first-order valence-electron chi connectivity index (χ1n) is 10.3. The van der Waals surface area contributed by atoms with Crippen LogP contribution in [0.5, 0.6) is 11.5 Å². The molecule has 0 bridgehead atoms. The molecule has 2 aromatic carbocycles. The van der Waals surface area contributed by atoms with Gasteiger partial charge in [-0.25, -0.2) is 0 Å². The van der Waals surface area contributed by atoms with Crippen molar-refractivity contribution in [1.82, 2.24) is 5.01 Å². The smallest absolute Gasteiger partial charge is 0.191 e. The highest BCUT2D eigenvalue weighted by Gasteiger charge is 2.38. The van der Waals surface area contributed by atoms with Crippen LogP contribution in [-0.4, -0.2) is 47.5 Å². The first-order chi connectivity index (χ1) is 15.5. The van der Waals surface area contributed by atoms with Crippen LogP contribution in [0.15, 0.2) is 64.2 Å². The molecular formula is C24H24N2O4S2. The van der Waals surface area contributed by atoms with E-state index in [9.17, 15) is 9.59 Å². The van der Waals surface area contributed by atoms with Crippen LogP contribution in [0, 0.1) is 5.92 Å². The molecule has 8 heteroatoms. The second-order valence-corrected chi connectivity index (χ2v) is 9.81. The number of nitrogens with zero attached hydrogens (tertiary/aromatic N) is 2. The van der Waals surface area contributed by atoms with E-state index in [1.54, 1.807) is 74.5 Å². The largest absolute Gasteiger partial charge is 0.497 e. The molecule has 2 heterocycles. The second-order valence-electron chi connectivity index (χ2n) is 7.32. The van der Waals surface area contributed by atoms with Gasteiger partial charge in [0.15, 0.2) is 15.9 Å². The Morgan fingerprint density at radius 1 is 1.03 bits per heavy atom. The fourth-order valence-corrected chi connectivity index (χ4v) is 5.76. The summed E-state index contributed by atoms with van der Waals surface area (Å²) in [5.41, 5.74) is 1.81. The highest BCUT2D eigenvalue weighted by molar-refractivity contribution is 8.40. The van der Waals surface area contributed by atoms with Crippen LogP contribution in [0.2, 0.25) is 0 Å². The Hall–Kier alpha value is -2.71. The quantitative estimate of drug-likeness (QED) is 0.525. The summed E-state index contributed by atoms with van der Waals surface area (Å²) in [5, 5.41) is 7.34. The molecular weight excluding hydrogens is 444 g/mol. The standard InChI is InChI=1S/C24H24N2O4S2/c1-4-31-24-25-26-14-17(21(27)15-5-9-18(29-2)10-6-15)13-20(23(26)32-24)22(28)16-7-11-19(30-3)12-8-16/h5-12,17H,4,13-14H2,1-3H3. The number of ketones is 2. The molecule has 0 saturated carbocycles. The van der Waals surface area contributed by atoms with Crippen LogP contribution in [0.3, 0.4) is 0 Å². The molecule has 166 valence electrons. The number of carbonyl (C=O) groups excluding carboxylic acids is 2. The predicted octanol–water partition coefficient (Wildman–Crippen LogP) is 5.07. The summed E-state index contributed by atoms with van der Waals surface area (Å²) in [6, 6.07) is 14.2. The minimum atomic E-state index is -0.361. The summed E-state index contributed by atoms with van der Waals surface area (Å²) in [4.78, 5) is 26.8. The third-order valence-corrected chi connectivity index (χ3v) is 7.49. The van der Waals surface area contributed by atoms with E-state index in [0.29, 0.717) is 41.2 Å². The Labute approximate surface area is 196 Å². The monoisotopic (exact) mass is 468 g/mol. The zero-order chi connectivity index (χ0) is 22.7. The lowest BCUT2D eigenvalue weighted by Gasteiger charge is -2.30. The number of methoxy groups -OCH3 is 2. The number of rotatable bonds is 7. The lowest BCUT2D eigenvalue weighted by Crippen LogP contribution is -2.34. The summed E-state index contributed by atoms with van der Waals surface area (Å²) in [5.74, 6) is 1.85. The summed E-state index contributed by atoms with van der Waals surface area (Å²) >= 11 is 3.16. The minimum Gasteiger partial charge on any atom is -0.497 e. The molecule has 0 saturated heterocycles. The van der Waals surface area contributed by atoms with Crippen molar-refractivity contribution in [2.24, 2.45) is 11.0 Å². The maximum absolute atomic E-state index is 13.5. The molecule has 6 nitrogen and oxygen atoms in total. The zero-order valence-electron chi connectivity index (χ0n) is 18.2. The number of carbonyl (C=O) groups is 2. The van der Waals surface area contributed by atoms with E-state index in [1.165, 1.54) is 11.8 Å². The van der Waals surface area contributed by atoms with Gasteiger partial charge < -0.3 is 9.47 Å². The molecule has 4 rings (SSSR count). The molecule has 0 aliphatic carbocycles. The van der Waals surface area contributed by atoms with Gasteiger partial charge in [0.05, 0.1) is 20.8 Å². The molecule has 2 aromatic rings. The number of thioether (sulfide) groups is 2. The van der Waals surface area contributed by atoms with E-state index in [1.807, 2.05) is 5.01 Å². The minimum absolute atomic E-state index is 0.00327. The Bertz CT molecular complexity index is 1080. The number of hydrogen-bond donors (Lipinski definition) is 0. The molecule has 0 N–H and O–H groups in total. The van der Waals surface area contributed by atoms with Gasteiger partial charge >= 0.3 is 0 Å². The molecule has 0 radical (unpaired) electrons. The molecule has 0 spiro atoms. The van der Waals surface area contributed by atoms with Gasteiger partial charge in [0, 0.05) is 22.6 Å². The maximum Gasteiger partial charge on any atom is 0.191 e. The predicted molar refractivity (Wildman–Crippen MR) is 130 cm³/mol. The summed E-state index contributed by atoms with van der Waals surface area (Å²) in [6.07, 6.45) is 0.383. The summed E-state index contributed by atoms with van der Waals surface area (Å²) in [6.45, 7) is 2.53. The third kappa shape index (κ3) is 4.56. The van der Waals surface area contributed by atoms with Crippen molar-refractivity contribution in [3.63, 3.8) is 0 Å². The SMILES string of the molecule is CCSC1=NN2CC(C(=O)c3ccc(OC)cc3)CC(C(=O)c3ccc(OC)cc3)=C2S1. The van der Waals surface area contributed by atoms with Crippen LogP contribution < -0.4 is 9.47 Å². The van der Waals surface area contributed by atoms with Crippen LogP contribution in [0.25, 0.3) is 0 Å². The number of hydrazone groups is 1. The molecule has 2 aliphatic rings. The lowest BCUT2D eigenvalue weighted by molar-refractivity contribution is 0.0877. The van der Waals surface area contributed by atoms with Crippen molar-refractivity contribution in [3.8, 4) is 11.5 Å². The zero-order valence-corrected chi connectivity index (χ0v) is 19.8. The lowest BCUT2D eigenvalue weighted by atomic mass is 9.86. The molecule has 1 unspecified atom stereocenters. The molecule has 0 aromatic heterocycles. The Morgan fingerprint density at radius 2 is 1.62 bits per heavy atom. The average Bonchev–Trinajstić information content (AvgIpc) is 3.25. The second kappa shape index (κ2) is 9.83. The van der Waals surface area contributed by atoms with Crippen LogP contribution in [0.4, 0.5) is 0 Å². The number of ether oxygens (including phenoxy) is 2. The topological polar surface area (TPSA) is 68.2 Å². The fraction of sp³-hybridized carbons (Fsp3) is 0.292. The van der Waals surface area contributed by atoms with E-state index in [-0.39, 0.29) is 17.5 Å². The third-order valence-electron chi connectivity index (χ3n) is 5.36. The van der Waals surface area contributed by atoms with E-state index in [0.717, 1.165) is 15.2 Å². The van der Waals surface area contributed by atoms with Crippen LogP contribution in [-0.2, 0) is 0 Å². The Balaban J connectivity index is 1.65. The number of fused-ring (bicyclic) bond motifs is 1. The van der Waals surface area contributed by atoms with Crippen molar-refractivity contribution in [2.45, 2.75) is 13.3 Å². The van der Waals surface area contributed by atoms with Crippen molar-refractivity contribution >= 4 is 39.5 Å². The van der Waals surface area contributed by atoms with Gasteiger partial charge in [-0.3, -0.25) is 14.6 Å². The van der Waals surface area contributed by atoms with Gasteiger partial charge in [-0.2, -0.15) is 5.10 Å². The van der Waals surface area contributed by atoms with E-state index in [2.05, 4.69) is 12.0 Å². The molecule has 0 fully saturated rings. The number of benzene rings is 2. The van der Waals surface area contributed by atoms with E-state index >= 15 is 0 Å². The van der Waals surface area contributed by atoms with Crippen LogP contribution in [0.1, 0.15) is 34.1 Å². The maximum atomic E-state index is 13.5. The molecule has 2 aliphatic heterocycles. The van der Waals surface area contributed by atoms with Crippen molar-refractivity contribution in [2.75, 3.05) is 26.5 Å². The highest BCUT2D eigenvalue weighted by Crippen LogP contribution is 2.43. The van der Waals surface area contributed by atoms with Crippen molar-refractivity contribution in [1.29, 1.82) is 0 Å². The van der Waals surface area contributed by atoms with Gasteiger partial charge in [0.1, 0.15) is 16.5 Å². The van der Waals surface area contributed by atoms with E-state index < -0.39 is 0 Å². The summed E-state index contributed by atoms with van der Waals surface area (Å²) in [7, 11) is 3.19. The van der Waals surface area contributed by atoms with Crippen molar-refractivity contribution in [3.05, 3.63) is 70.3 Å². The number of hydrogen-bond acceptors (Lipinski definition) is 8. The highest BCUT2D eigenvalue weighted by atomic mass is 32.2. The van der Waals surface area contributed by atoms with Crippen molar-refractivity contribution < 1.29 is 19.1 Å². The van der Waals surface area contributed by atoms with E-state index in [4.69, 9.17) is 9.47 Å². The Morgan fingerprint density at radius 3 is 2.19 bits per heavy atom. The molecule has 1 atom stereocenters. The molecule has 32 heavy (non-hydrogen) atoms. The van der Waals surface area contributed by atoms with Gasteiger partial charge in [-0.05, 0) is 72.5 Å².